The first kappa shape index (κ1) is 11.5. The number of esters is 1. The Hall–Kier alpha value is -1.97. The SMILES string of the molecule is CCOC(=O)c1coc2c(OC)cc(C)cc12. The lowest BCUT2D eigenvalue weighted by Gasteiger charge is -2.03. The Morgan fingerprint density at radius 1 is 1.41 bits per heavy atom. The highest BCUT2D eigenvalue weighted by Crippen LogP contribution is 2.31. The second-order valence-electron chi connectivity index (χ2n) is 3.71. The second kappa shape index (κ2) is 4.49. The van der Waals surface area contributed by atoms with Gasteiger partial charge >= 0.3 is 5.97 Å². The van der Waals surface area contributed by atoms with Gasteiger partial charge in [-0.1, -0.05) is 0 Å². The number of aryl methyl sites for hydroxylation is 1. The lowest BCUT2D eigenvalue weighted by atomic mass is 10.1. The third-order valence-electron chi connectivity index (χ3n) is 2.50. The van der Waals surface area contributed by atoms with Gasteiger partial charge in [0.05, 0.1) is 13.7 Å². The molecule has 1 aromatic carbocycles. The number of hydrogen-bond donors (Lipinski definition) is 0. The van der Waals surface area contributed by atoms with E-state index in [4.69, 9.17) is 13.9 Å². The highest BCUT2D eigenvalue weighted by molar-refractivity contribution is 6.04. The number of methoxy groups -OCH3 is 1. The fourth-order valence-corrected chi connectivity index (χ4v) is 1.76. The number of hydrogen-bond acceptors (Lipinski definition) is 4. The van der Waals surface area contributed by atoms with Crippen LogP contribution in [0.25, 0.3) is 11.0 Å². The van der Waals surface area contributed by atoms with Crippen LogP contribution in [-0.4, -0.2) is 19.7 Å². The maximum Gasteiger partial charge on any atom is 0.342 e. The summed E-state index contributed by atoms with van der Waals surface area (Å²) in [5.41, 5.74) is 2.01. The fraction of sp³-hybridized carbons (Fsp3) is 0.308. The van der Waals surface area contributed by atoms with E-state index in [2.05, 4.69) is 0 Å². The van der Waals surface area contributed by atoms with Crippen LogP contribution in [0.4, 0.5) is 0 Å². The van der Waals surface area contributed by atoms with Gasteiger partial charge in [0, 0.05) is 5.39 Å². The third-order valence-corrected chi connectivity index (χ3v) is 2.50. The Morgan fingerprint density at radius 2 is 2.18 bits per heavy atom. The molecule has 0 amide bonds. The zero-order valence-electron chi connectivity index (χ0n) is 10.1. The van der Waals surface area contributed by atoms with Crippen LogP contribution in [0.2, 0.25) is 0 Å². The lowest BCUT2D eigenvalue weighted by Crippen LogP contribution is -2.03. The van der Waals surface area contributed by atoms with Crippen LogP contribution in [0.15, 0.2) is 22.8 Å². The summed E-state index contributed by atoms with van der Waals surface area (Å²) in [6.07, 6.45) is 1.41. The zero-order chi connectivity index (χ0) is 12.4. The molecule has 0 radical (unpaired) electrons. The van der Waals surface area contributed by atoms with E-state index in [1.165, 1.54) is 6.26 Å². The molecule has 2 rings (SSSR count). The summed E-state index contributed by atoms with van der Waals surface area (Å²) in [7, 11) is 1.57. The molecule has 4 heteroatoms. The molecule has 0 aliphatic rings. The summed E-state index contributed by atoms with van der Waals surface area (Å²) >= 11 is 0. The van der Waals surface area contributed by atoms with Crippen molar-refractivity contribution in [3.05, 3.63) is 29.5 Å². The van der Waals surface area contributed by atoms with Gasteiger partial charge in [-0.3, -0.25) is 0 Å². The van der Waals surface area contributed by atoms with Gasteiger partial charge in [-0.25, -0.2) is 4.79 Å². The number of fused-ring (bicyclic) bond motifs is 1. The molecule has 4 nitrogen and oxygen atoms in total. The number of furan rings is 1. The van der Waals surface area contributed by atoms with Crippen LogP contribution in [0.5, 0.6) is 5.75 Å². The first-order chi connectivity index (χ1) is 8.17. The summed E-state index contributed by atoms with van der Waals surface area (Å²) in [4.78, 5) is 11.7. The average Bonchev–Trinajstić information content (AvgIpc) is 2.71. The predicted molar refractivity (Wildman–Crippen MR) is 63.5 cm³/mol. The molecule has 0 fully saturated rings. The van der Waals surface area contributed by atoms with Crippen LogP contribution in [0, 0.1) is 6.92 Å². The Kier molecular flexibility index (Phi) is 3.04. The smallest absolute Gasteiger partial charge is 0.342 e. The minimum absolute atomic E-state index is 0.342. The van der Waals surface area contributed by atoms with Gasteiger partial charge in [0.15, 0.2) is 11.3 Å². The van der Waals surface area contributed by atoms with Crippen molar-refractivity contribution in [1.82, 2.24) is 0 Å². The van der Waals surface area contributed by atoms with Gasteiger partial charge in [-0.05, 0) is 31.5 Å². The fourth-order valence-electron chi connectivity index (χ4n) is 1.76. The number of ether oxygens (including phenoxy) is 2. The average molecular weight is 234 g/mol. The molecular formula is C13H14O4. The Labute approximate surface area is 99.1 Å². The minimum Gasteiger partial charge on any atom is -0.493 e. The van der Waals surface area contributed by atoms with Crippen LogP contribution in [-0.2, 0) is 4.74 Å². The van der Waals surface area contributed by atoms with Gasteiger partial charge in [-0.15, -0.1) is 0 Å². The first-order valence-corrected chi connectivity index (χ1v) is 5.40. The summed E-state index contributed by atoms with van der Waals surface area (Å²) < 4.78 is 15.6. The van der Waals surface area contributed by atoms with E-state index in [0.29, 0.717) is 23.5 Å². The molecule has 1 aromatic heterocycles. The zero-order valence-corrected chi connectivity index (χ0v) is 10.1. The minimum atomic E-state index is -0.376. The lowest BCUT2D eigenvalue weighted by molar-refractivity contribution is 0.0527. The Bertz CT molecular complexity index is 554. The first-order valence-electron chi connectivity index (χ1n) is 5.40. The van der Waals surface area contributed by atoms with Gasteiger partial charge in [0.1, 0.15) is 11.8 Å². The molecule has 0 unspecified atom stereocenters. The number of carbonyl (C=O) groups excluding carboxylic acids is 1. The van der Waals surface area contributed by atoms with Crippen LogP contribution >= 0.6 is 0 Å². The van der Waals surface area contributed by atoms with Crippen LogP contribution in [0.1, 0.15) is 22.8 Å². The summed E-state index contributed by atoms with van der Waals surface area (Å²) in [6.45, 7) is 4.05. The van der Waals surface area contributed by atoms with Crippen molar-refractivity contribution in [2.45, 2.75) is 13.8 Å². The number of rotatable bonds is 3. The molecule has 0 aliphatic carbocycles. The standard InChI is InChI=1S/C13H14O4/c1-4-16-13(14)10-7-17-12-9(10)5-8(2)6-11(12)15-3/h5-7H,4H2,1-3H3. The van der Waals surface area contributed by atoms with E-state index in [1.807, 2.05) is 19.1 Å². The topological polar surface area (TPSA) is 48.7 Å². The molecule has 0 saturated heterocycles. The van der Waals surface area contributed by atoms with Crippen molar-refractivity contribution in [3.63, 3.8) is 0 Å². The molecule has 0 saturated carbocycles. The van der Waals surface area contributed by atoms with E-state index >= 15 is 0 Å². The van der Waals surface area contributed by atoms with Crippen LogP contribution in [0.3, 0.4) is 0 Å². The normalized spacial score (nSPS) is 10.5. The Balaban J connectivity index is 2.60. The predicted octanol–water partition coefficient (Wildman–Crippen LogP) is 2.93. The van der Waals surface area contributed by atoms with Gasteiger partial charge < -0.3 is 13.9 Å². The molecule has 0 aliphatic heterocycles. The highest BCUT2D eigenvalue weighted by Gasteiger charge is 2.17. The molecular weight excluding hydrogens is 220 g/mol. The van der Waals surface area contributed by atoms with E-state index in [-0.39, 0.29) is 5.97 Å². The molecule has 2 aromatic rings. The molecule has 0 atom stereocenters. The molecule has 0 bridgehead atoms. The maximum absolute atomic E-state index is 11.7. The monoisotopic (exact) mass is 234 g/mol. The quantitative estimate of drug-likeness (QED) is 0.766. The van der Waals surface area contributed by atoms with Crippen molar-refractivity contribution in [1.29, 1.82) is 0 Å². The maximum atomic E-state index is 11.7. The van der Waals surface area contributed by atoms with Gasteiger partial charge in [0.25, 0.3) is 0 Å². The number of benzene rings is 1. The number of carbonyl (C=O) groups is 1. The summed E-state index contributed by atoms with van der Waals surface area (Å²) in [5, 5.41) is 0.723. The molecule has 1 heterocycles. The van der Waals surface area contributed by atoms with Crippen molar-refractivity contribution >= 4 is 16.9 Å². The largest absolute Gasteiger partial charge is 0.493 e. The summed E-state index contributed by atoms with van der Waals surface area (Å²) in [6, 6.07) is 3.74. The van der Waals surface area contributed by atoms with E-state index in [0.717, 1.165) is 10.9 Å². The van der Waals surface area contributed by atoms with Gasteiger partial charge in [0.2, 0.25) is 0 Å². The third kappa shape index (κ3) is 1.98. The molecule has 17 heavy (non-hydrogen) atoms. The molecule has 0 N–H and O–H groups in total. The highest BCUT2D eigenvalue weighted by atomic mass is 16.5. The van der Waals surface area contributed by atoms with Crippen molar-refractivity contribution in [2.75, 3.05) is 13.7 Å². The summed E-state index contributed by atoms with van der Waals surface area (Å²) in [5.74, 6) is 0.245. The van der Waals surface area contributed by atoms with Crippen LogP contribution < -0.4 is 4.74 Å². The van der Waals surface area contributed by atoms with E-state index in [9.17, 15) is 4.79 Å². The molecule has 90 valence electrons. The van der Waals surface area contributed by atoms with E-state index < -0.39 is 0 Å². The van der Waals surface area contributed by atoms with Crippen molar-refractivity contribution in [3.8, 4) is 5.75 Å². The van der Waals surface area contributed by atoms with Crippen molar-refractivity contribution < 1.29 is 18.7 Å². The van der Waals surface area contributed by atoms with E-state index in [1.54, 1.807) is 14.0 Å². The molecule has 0 spiro atoms. The Morgan fingerprint density at radius 3 is 2.82 bits per heavy atom. The van der Waals surface area contributed by atoms with Crippen molar-refractivity contribution in [2.24, 2.45) is 0 Å². The van der Waals surface area contributed by atoms with Gasteiger partial charge in [-0.2, -0.15) is 0 Å². The second-order valence-corrected chi connectivity index (χ2v) is 3.71.